The normalized spacial score (nSPS) is 9.80. The summed E-state index contributed by atoms with van der Waals surface area (Å²) >= 11 is 3.30. The minimum Gasteiger partial charge on any atom is -0.480 e. The van der Waals surface area contributed by atoms with E-state index in [1.165, 1.54) is 7.11 Å². The predicted molar refractivity (Wildman–Crippen MR) is 58.8 cm³/mol. The fraction of sp³-hybridized carbons (Fsp3) is 0.400. The highest BCUT2D eigenvalue weighted by atomic mass is 79.9. The maximum atomic E-state index is 11.2. The van der Waals surface area contributed by atoms with Gasteiger partial charge < -0.3 is 9.47 Å². The van der Waals surface area contributed by atoms with Crippen molar-refractivity contribution in [3.05, 3.63) is 22.3 Å². The van der Waals surface area contributed by atoms with E-state index < -0.39 is 0 Å². The van der Waals surface area contributed by atoms with Gasteiger partial charge >= 0.3 is 5.97 Å². The minimum absolute atomic E-state index is 0.226. The zero-order valence-electron chi connectivity index (χ0n) is 8.62. The Morgan fingerprint density at radius 2 is 2.33 bits per heavy atom. The van der Waals surface area contributed by atoms with Crippen molar-refractivity contribution in [2.24, 2.45) is 0 Å². The number of esters is 1. The first-order valence-corrected chi connectivity index (χ1v) is 5.30. The van der Waals surface area contributed by atoms with Gasteiger partial charge in [-0.05, 0) is 34.5 Å². The summed E-state index contributed by atoms with van der Waals surface area (Å²) in [5.74, 6) is 0.249. The molecule has 1 heterocycles. The van der Waals surface area contributed by atoms with E-state index >= 15 is 0 Å². The summed E-state index contributed by atoms with van der Waals surface area (Å²) < 4.78 is 10.5. The second kappa shape index (κ2) is 5.70. The van der Waals surface area contributed by atoms with Crippen molar-refractivity contribution >= 4 is 21.9 Å². The van der Waals surface area contributed by atoms with Crippen molar-refractivity contribution in [3.63, 3.8) is 0 Å². The predicted octanol–water partition coefficient (Wildman–Crippen LogP) is 1.96. The summed E-state index contributed by atoms with van der Waals surface area (Å²) in [5.41, 5.74) is 0.793. The van der Waals surface area contributed by atoms with Gasteiger partial charge in [0.05, 0.1) is 24.6 Å². The van der Waals surface area contributed by atoms with Gasteiger partial charge in [-0.2, -0.15) is 0 Å². The Hall–Kier alpha value is -1.10. The molecule has 0 aliphatic heterocycles. The summed E-state index contributed by atoms with van der Waals surface area (Å²) in [5, 5.41) is 0. The smallest absolute Gasteiger partial charge is 0.310 e. The topological polar surface area (TPSA) is 48.4 Å². The van der Waals surface area contributed by atoms with E-state index in [2.05, 4.69) is 20.9 Å². The van der Waals surface area contributed by atoms with Crippen LogP contribution in [-0.2, 0) is 16.0 Å². The molecule has 0 amide bonds. The van der Waals surface area contributed by atoms with E-state index in [1.54, 1.807) is 19.2 Å². The summed E-state index contributed by atoms with van der Waals surface area (Å²) in [4.78, 5) is 15.2. The van der Waals surface area contributed by atoms with Crippen molar-refractivity contribution in [2.75, 3.05) is 13.7 Å². The fourth-order valence-corrected chi connectivity index (χ4v) is 1.65. The van der Waals surface area contributed by atoms with Gasteiger partial charge in [0.2, 0.25) is 5.88 Å². The average Bonchev–Trinajstić information content (AvgIpc) is 2.18. The SMILES string of the molecule is CCOC(=O)Cc1cnc(OC)c(Br)c1. The Labute approximate surface area is 96.7 Å². The maximum absolute atomic E-state index is 11.2. The van der Waals surface area contributed by atoms with Crippen LogP contribution in [0.15, 0.2) is 16.7 Å². The molecule has 82 valence electrons. The molecule has 0 fully saturated rings. The maximum Gasteiger partial charge on any atom is 0.310 e. The summed E-state index contributed by atoms with van der Waals surface area (Å²) in [6, 6.07) is 1.79. The molecule has 0 aliphatic carbocycles. The zero-order valence-corrected chi connectivity index (χ0v) is 10.2. The highest BCUT2D eigenvalue weighted by molar-refractivity contribution is 9.10. The quantitative estimate of drug-likeness (QED) is 0.787. The van der Waals surface area contributed by atoms with Crippen molar-refractivity contribution in [3.8, 4) is 5.88 Å². The Balaban J connectivity index is 2.71. The molecule has 0 spiro atoms. The van der Waals surface area contributed by atoms with Crippen LogP contribution in [0.5, 0.6) is 5.88 Å². The molecule has 0 saturated heterocycles. The second-order valence-corrected chi connectivity index (χ2v) is 3.67. The molecule has 0 bridgehead atoms. The lowest BCUT2D eigenvalue weighted by Gasteiger charge is -2.05. The van der Waals surface area contributed by atoms with Crippen LogP contribution in [0.1, 0.15) is 12.5 Å². The van der Waals surface area contributed by atoms with E-state index in [-0.39, 0.29) is 12.4 Å². The number of aromatic nitrogens is 1. The van der Waals surface area contributed by atoms with E-state index in [0.717, 1.165) is 10.0 Å². The number of methoxy groups -OCH3 is 1. The number of pyridine rings is 1. The highest BCUT2D eigenvalue weighted by Gasteiger charge is 2.07. The lowest BCUT2D eigenvalue weighted by Crippen LogP contribution is -2.07. The fourth-order valence-electron chi connectivity index (χ4n) is 1.09. The number of rotatable bonds is 4. The minimum atomic E-state index is -0.253. The number of hydrogen-bond acceptors (Lipinski definition) is 4. The molecule has 0 aliphatic rings. The van der Waals surface area contributed by atoms with Gasteiger partial charge in [-0.3, -0.25) is 4.79 Å². The van der Waals surface area contributed by atoms with Crippen LogP contribution >= 0.6 is 15.9 Å². The van der Waals surface area contributed by atoms with Crippen molar-refractivity contribution in [2.45, 2.75) is 13.3 Å². The van der Waals surface area contributed by atoms with Crippen molar-refractivity contribution in [1.82, 2.24) is 4.98 Å². The van der Waals surface area contributed by atoms with Gasteiger partial charge in [-0.1, -0.05) is 0 Å². The van der Waals surface area contributed by atoms with Crippen LogP contribution in [0.2, 0.25) is 0 Å². The molecule has 1 aromatic heterocycles. The van der Waals surface area contributed by atoms with Gasteiger partial charge in [0.1, 0.15) is 0 Å². The highest BCUT2D eigenvalue weighted by Crippen LogP contribution is 2.22. The number of halogens is 1. The summed E-state index contributed by atoms with van der Waals surface area (Å²) in [7, 11) is 1.54. The molecule has 0 aromatic carbocycles. The van der Waals surface area contributed by atoms with Crippen LogP contribution in [0.3, 0.4) is 0 Å². The van der Waals surface area contributed by atoms with Gasteiger partial charge in [-0.15, -0.1) is 0 Å². The largest absolute Gasteiger partial charge is 0.480 e. The Kier molecular flexibility index (Phi) is 4.55. The molecule has 1 rings (SSSR count). The Morgan fingerprint density at radius 1 is 1.60 bits per heavy atom. The van der Waals surface area contributed by atoms with Crippen LogP contribution in [0.25, 0.3) is 0 Å². The standard InChI is InChI=1S/C10H12BrNO3/c1-3-15-9(13)5-7-4-8(11)10(14-2)12-6-7/h4,6H,3,5H2,1-2H3. The number of ether oxygens (including phenoxy) is 2. The number of carbonyl (C=O) groups excluding carboxylic acids is 1. The first kappa shape index (κ1) is 12.0. The second-order valence-electron chi connectivity index (χ2n) is 2.82. The van der Waals surface area contributed by atoms with Crippen LogP contribution in [-0.4, -0.2) is 24.7 Å². The molecule has 0 unspecified atom stereocenters. The van der Waals surface area contributed by atoms with Gasteiger partial charge in [0.25, 0.3) is 0 Å². The Bertz CT molecular complexity index is 355. The molecule has 4 nitrogen and oxygen atoms in total. The first-order valence-electron chi connectivity index (χ1n) is 4.51. The van der Waals surface area contributed by atoms with E-state index in [4.69, 9.17) is 9.47 Å². The lowest BCUT2D eigenvalue weighted by atomic mass is 10.2. The van der Waals surface area contributed by atoms with Crippen LogP contribution in [0.4, 0.5) is 0 Å². The zero-order chi connectivity index (χ0) is 11.3. The number of hydrogen-bond donors (Lipinski definition) is 0. The van der Waals surface area contributed by atoms with Gasteiger partial charge in [0, 0.05) is 6.20 Å². The third-order valence-electron chi connectivity index (χ3n) is 1.71. The third-order valence-corrected chi connectivity index (χ3v) is 2.28. The number of nitrogens with zero attached hydrogens (tertiary/aromatic N) is 1. The molecule has 0 radical (unpaired) electrons. The molecule has 0 N–H and O–H groups in total. The molecule has 5 heteroatoms. The first-order chi connectivity index (χ1) is 7.17. The van der Waals surface area contributed by atoms with Gasteiger partial charge in [-0.25, -0.2) is 4.98 Å². The van der Waals surface area contributed by atoms with Gasteiger partial charge in [0.15, 0.2) is 0 Å². The lowest BCUT2D eigenvalue weighted by molar-refractivity contribution is -0.142. The molecule has 15 heavy (non-hydrogen) atoms. The molecular weight excluding hydrogens is 262 g/mol. The third kappa shape index (κ3) is 3.51. The molecular formula is C10H12BrNO3. The average molecular weight is 274 g/mol. The summed E-state index contributed by atoms with van der Waals surface area (Å²) in [6.45, 7) is 2.17. The van der Waals surface area contributed by atoms with E-state index in [0.29, 0.717) is 12.5 Å². The molecule has 0 saturated carbocycles. The van der Waals surface area contributed by atoms with Crippen LogP contribution < -0.4 is 4.74 Å². The van der Waals surface area contributed by atoms with Crippen molar-refractivity contribution in [1.29, 1.82) is 0 Å². The van der Waals surface area contributed by atoms with Crippen molar-refractivity contribution < 1.29 is 14.3 Å². The monoisotopic (exact) mass is 273 g/mol. The number of carbonyl (C=O) groups is 1. The van der Waals surface area contributed by atoms with E-state index in [9.17, 15) is 4.79 Å². The van der Waals surface area contributed by atoms with E-state index in [1.807, 2.05) is 0 Å². The van der Waals surface area contributed by atoms with Crippen LogP contribution in [0, 0.1) is 0 Å². The molecule has 1 aromatic rings. The molecule has 0 atom stereocenters. The summed E-state index contributed by atoms with van der Waals surface area (Å²) in [6.07, 6.45) is 1.82. The Morgan fingerprint density at radius 3 is 2.87 bits per heavy atom.